The Morgan fingerprint density at radius 2 is 1.73 bits per heavy atom. The number of para-hydroxylation sites is 1. The van der Waals surface area contributed by atoms with Gasteiger partial charge in [-0.25, -0.2) is 22.0 Å². The van der Waals surface area contributed by atoms with Crippen LogP contribution in [0.15, 0.2) is 83.4 Å². The average molecular weight is 527 g/mol. The largest absolute Gasteiger partial charge is 0.454 e. The van der Waals surface area contributed by atoms with Crippen LogP contribution in [0.1, 0.15) is 29.8 Å². The van der Waals surface area contributed by atoms with Gasteiger partial charge in [0.25, 0.3) is 10.0 Å². The zero-order chi connectivity index (χ0) is 27.0. The molecule has 4 rings (SSSR count). The first kappa shape index (κ1) is 26.0. The lowest BCUT2D eigenvalue weighted by atomic mass is 9.83. The highest BCUT2D eigenvalue weighted by molar-refractivity contribution is 7.92. The van der Waals surface area contributed by atoms with Crippen molar-refractivity contribution in [3.63, 3.8) is 0 Å². The summed E-state index contributed by atoms with van der Waals surface area (Å²) < 4.78 is 59.0. The van der Waals surface area contributed by atoms with Crippen LogP contribution in [0.2, 0.25) is 0 Å². The third kappa shape index (κ3) is 5.24. The molecule has 0 fully saturated rings. The number of allylic oxidation sites excluding steroid dienone is 1. The molecule has 0 bridgehead atoms. The van der Waals surface area contributed by atoms with Crippen LogP contribution in [0.4, 0.5) is 20.2 Å². The second-order valence-corrected chi connectivity index (χ2v) is 10.7. The zero-order valence-electron chi connectivity index (χ0n) is 20.3. The van der Waals surface area contributed by atoms with E-state index in [4.69, 9.17) is 4.74 Å². The predicted molar refractivity (Wildman–Crippen MR) is 135 cm³/mol. The summed E-state index contributed by atoms with van der Waals surface area (Å²) >= 11 is 0. The van der Waals surface area contributed by atoms with Crippen LogP contribution in [0.3, 0.4) is 0 Å². The highest BCUT2D eigenvalue weighted by Gasteiger charge is 2.38. The molecular weight excluding hydrogens is 502 g/mol. The number of rotatable bonds is 7. The Morgan fingerprint density at radius 3 is 2.43 bits per heavy atom. The topological polar surface area (TPSA) is 92.8 Å². The summed E-state index contributed by atoms with van der Waals surface area (Å²) in [5.74, 6) is -3.73. The third-order valence-electron chi connectivity index (χ3n) is 6.14. The molecule has 192 valence electrons. The van der Waals surface area contributed by atoms with Crippen molar-refractivity contribution < 1.29 is 31.5 Å². The van der Waals surface area contributed by atoms with Crippen molar-refractivity contribution in [2.45, 2.75) is 24.2 Å². The van der Waals surface area contributed by atoms with Crippen LogP contribution >= 0.6 is 0 Å². The second-order valence-electron chi connectivity index (χ2n) is 9.04. The van der Waals surface area contributed by atoms with E-state index in [9.17, 15) is 26.8 Å². The molecule has 0 unspecified atom stereocenters. The first-order valence-corrected chi connectivity index (χ1v) is 12.7. The molecule has 1 aliphatic heterocycles. The molecular formula is C27H24F2N2O5S. The molecule has 0 aliphatic carbocycles. The molecule has 0 aromatic heterocycles. The first-order chi connectivity index (χ1) is 17.4. The number of fused-ring (bicyclic) bond motifs is 1. The summed E-state index contributed by atoms with van der Waals surface area (Å²) in [5.41, 5.74) is 2.42. The quantitative estimate of drug-likeness (QED) is 0.351. The number of ketones is 1. The van der Waals surface area contributed by atoms with Crippen LogP contribution in [0.25, 0.3) is 0 Å². The number of esters is 1. The molecule has 0 saturated heterocycles. The van der Waals surface area contributed by atoms with Crippen molar-refractivity contribution >= 4 is 33.2 Å². The molecule has 1 aliphatic rings. The number of hydrogen-bond donors (Lipinski definition) is 1. The van der Waals surface area contributed by atoms with Gasteiger partial charge in [-0.05, 0) is 48.0 Å². The van der Waals surface area contributed by atoms with E-state index in [1.54, 1.807) is 0 Å². The van der Waals surface area contributed by atoms with Gasteiger partial charge in [0, 0.05) is 35.6 Å². The molecule has 37 heavy (non-hydrogen) atoms. The number of ether oxygens (including phenoxy) is 1. The normalized spacial score (nSPS) is 15.4. The number of nitrogens with one attached hydrogen (secondary N) is 1. The van der Waals surface area contributed by atoms with Crippen molar-refractivity contribution in [1.82, 2.24) is 0 Å². The monoisotopic (exact) mass is 526 g/mol. The molecule has 10 heteroatoms. The lowest BCUT2D eigenvalue weighted by Gasteiger charge is -2.23. The van der Waals surface area contributed by atoms with Crippen LogP contribution in [0.5, 0.6) is 0 Å². The van der Waals surface area contributed by atoms with E-state index in [-0.39, 0.29) is 11.3 Å². The lowest BCUT2D eigenvalue weighted by Crippen LogP contribution is -2.25. The molecule has 0 atom stereocenters. The number of carbonyl (C=O) groups excluding carboxylic acids is 2. The number of sulfonamides is 1. The van der Waals surface area contributed by atoms with Crippen molar-refractivity contribution in [2.24, 2.45) is 0 Å². The Labute approximate surface area is 213 Å². The summed E-state index contributed by atoms with van der Waals surface area (Å²) in [6, 6.07) is 15.4. The molecule has 0 spiro atoms. The smallest absolute Gasteiger partial charge is 0.338 e. The summed E-state index contributed by atoms with van der Waals surface area (Å²) in [6.07, 6.45) is 1.46. The lowest BCUT2D eigenvalue weighted by molar-refractivity contribution is -0.117. The van der Waals surface area contributed by atoms with Gasteiger partial charge in [0.2, 0.25) is 0 Å². The van der Waals surface area contributed by atoms with E-state index < -0.39 is 50.3 Å². The van der Waals surface area contributed by atoms with Crippen LogP contribution in [0, 0.1) is 11.6 Å². The van der Waals surface area contributed by atoms with Crippen molar-refractivity contribution in [3.8, 4) is 0 Å². The molecule has 1 heterocycles. The Morgan fingerprint density at radius 1 is 1.00 bits per heavy atom. The number of carbonyl (C=O) groups is 2. The van der Waals surface area contributed by atoms with Gasteiger partial charge in [0.15, 0.2) is 24.0 Å². The van der Waals surface area contributed by atoms with Gasteiger partial charge in [0.1, 0.15) is 0 Å². The molecule has 7 nitrogen and oxygen atoms in total. The summed E-state index contributed by atoms with van der Waals surface area (Å²) in [5, 5.41) is 0. The highest BCUT2D eigenvalue weighted by Crippen LogP contribution is 2.46. The Balaban J connectivity index is 1.43. The Hall–Kier alpha value is -4.05. The molecule has 0 radical (unpaired) electrons. The van der Waals surface area contributed by atoms with Crippen molar-refractivity contribution in [3.05, 3.63) is 101 Å². The fraction of sp³-hybridized carbons (Fsp3) is 0.185. The number of nitrogens with zero attached hydrogens (tertiary/aromatic N) is 1. The van der Waals surface area contributed by atoms with E-state index in [1.165, 1.54) is 30.3 Å². The molecule has 0 saturated carbocycles. The number of benzene rings is 3. The SMILES string of the molecule is CN1C(=CC(=O)COC(=O)c2cccc(NS(=O)(=O)c3ccc(F)c(F)c3)c2)C(C)(C)c2ccccc21. The van der Waals surface area contributed by atoms with Gasteiger partial charge in [0.05, 0.1) is 10.5 Å². The van der Waals surface area contributed by atoms with Crippen molar-refractivity contribution in [2.75, 3.05) is 23.3 Å². The number of likely N-dealkylation sites (N-methyl/N-ethyl adjacent to an activating group) is 1. The van der Waals surface area contributed by atoms with Gasteiger partial charge >= 0.3 is 5.97 Å². The maximum atomic E-state index is 13.5. The summed E-state index contributed by atoms with van der Waals surface area (Å²) in [6.45, 7) is 3.51. The van der Waals surface area contributed by atoms with Crippen molar-refractivity contribution in [1.29, 1.82) is 0 Å². The van der Waals surface area contributed by atoms with Crippen LogP contribution in [-0.2, 0) is 25.0 Å². The minimum Gasteiger partial charge on any atom is -0.454 e. The Kier molecular flexibility index (Phi) is 6.88. The third-order valence-corrected chi connectivity index (χ3v) is 7.51. The minimum atomic E-state index is -4.25. The van der Waals surface area contributed by atoms with Crippen LogP contribution < -0.4 is 9.62 Å². The number of anilines is 2. The van der Waals surface area contributed by atoms with E-state index >= 15 is 0 Å². The first-order valence-electron chi connectivity index (χ1n) is 11.2. The molecule has 1 N–H and O–H groups in total. The fourth-order valence-corrected chi connectivity index (χ4v) is 5.30. The summed E-state index contributed by atoms with van der Waals surface area (Å²) in [7, 11) is -2.38. The summed E-state index contributed by atoms with van der Waals surface area (Å²) in [4.78, 5) is 26.6. The van der Waals surface area contributed by atoms with Crippen LogP contribution in [-0.4, -0.2) is 33.8 Å². The maximum Gasteiger partial charge on any atom is 0.338 e. The van der Waals surface area contributed by atoms with Gasteiger partial charge < -0.3 is 9.64 Å². The second kappa shape index (κ2) is 9.78. The van der Waals surface area contributed by atoms with Gasteiger partial charge in [-0.2, -0.15) is 0 Å². The van der Waals surface area contributed by atoms with E-state index in [0.717, 1.165) is 23.0 Å². The van der Waals surface area contributed by atoms with Gasteiger partial charge in [-0.1, -0.05) is 38.1 Å². The fourth-order valence-electron chi connectivity index (χ4n) is 4.24. The highest BCUT2D eigenvalue weighted by atomic mass is 32.2. The van der Waals surface area contributed by atoms with Gasteiger partial charge in [-0.3, -0.25) is 9.52 Å². The van der Waals surface area contributed by atoms with Gasteiger partial charge in [-0.15, -0.1) is 0 Å². The van der Waals surface area contributed by atoms with E-state index in [0.29, 0.717) is 12.1 Å². The molecule has 3 aromatic carbocycles. The molecule has 0 amide bonds. The zero-order valence-corrected chi connectivity index (χ0v) is 21.1. The molecule has 3 aromatic rings. The Bertz CT molecular complexity index is 1530. The number of hydrogen-bond acceptors (Lipinski definition) is 6. The predicted octanol–water partition coefficient (Wildman–Crippen LogP) is 4.80. The number of halogens is 2. The average Bonchev–Trinajstić information content (AvgIpc) is 3.04. The van der Waals surface area contributed by atoms with E-state index in [2.05, 4.69) is 4.72 Å². The standard InChI is InChI=1S/C27H24F2N2O5S/c1-27(2)21-9-4-5-10-24(21)31(3)25(27)14-19(32)16-36-26(33)17-7-6-8-18(13-17)30-37(34,35)20-11-12-22(28)23(29)15-20/h4-15,30H,16H2,1-3H3. The maximum absolute atomic E-state index is 13.5. The minimum absolute atomic E-state index is 0.000257. The van der Waals surface area contributed by atoms with E-state index in [1.807, 2.05) is 50.1 Å².